The number of hydrogen-bond donors (Lipinski definition) is 3. The third kappa shape index (κ3) is 4.89. The molecule has 134 valence electrons. The molecule has 2 unspecified atom stereocenters. The molecule has 0 bridgehead atoms. The molecule has 0 aliphatic rings. The molecule has 0 amide bonds. The molecule has 6 heteroatoms. The van der Waals surface area contributed by atoms with Crippen molar-refractivity contribution >= 4 is 22.9 Å². The van der Waals surface area contributed by atoms with Crippen LogP contribution in [-0.4, -0.2) is 50.6 Å². The van der Waals surface area contributed by atoms with E-state index in [1.54, 1.807) is 11.9 Å². The standard InChI is InChI=1S/C18H28N2O3S/c1-4-13(3)20(24-5-2)10-15(22)12-23-18-9-14(11-21)8-17-16(18)6-7-19-17/h6-9,13,15,19,21-22H,4-5,10-12H2,1-3H3. The molecule has 5 nitrogen and oxygen atoms in total. The van der Waals surface area contributed by atoms with Gasteiger partial charge in [0, 0.05) is 35.4 Å². The van der Waals surface area contributed by atoms with Crippen LogP contribution in [0, 0.1) is 0 Å². The van der Waals surface area contributed by atoms with E-state index in [4.69, 9.17) is 4.74 Å². The van der Waals surface area contributed by atoms with E-state index >= 15 is 0 Å². The van der Waals surface area contributed by atoms with Gasteiger partial charge in [-0.1, -0.05) is 25.8 Å². The van der Waals surface area contributed by atoms with E-state index in [1.807, 2.05) is 24.4 Å². The largest absolute Gasteiger partial charge is 0.490 e. The highest BCUT2D eigenvalue weighted by Gasteiger charge is 2.17. The lowest BCUT2D eigenvalue weighted by atomic mass is 10.1. The molecule has 1 aromatic carbocycles. The van der Waals surface area contributed by atoms with E-state index in [-0.39, 0.29) is 13.2 Å². The summed E-state index contributed by atoms with van der Waals surface area (Å²) < 4.78 is 8.08. The Morgan fingerprint density at radius 2 is 2.12 bits per heavy atom. The molecule has 0 saturated carbocycles. The van der Waals surface area contributed by atoms with Crippen molar-refractivity contribution in [2.24, 2.45) is 0 Å². The van der Waals surface area contributed by atoms with Crippen LogP contribution in [0.25, 0.3) is 10.9 Å². The number of benzene rings is 1. The van der Waals surface area contributed by atoms with Crippen LogP contribution >= 0.6 is 11.9 Å². The SMILES string of the molecule is CCSN(CC(O)COc1cc(CO)cc2[nH]ccc12)C(C)CC. The fraction of sp³-hybridized carbons (Fsp3) is 0.556. The molecule has 0 fully saturated rings. The third-order valence-electron chi connectivity index (χ3n) is 4.07. The summed E-state index contributed by atoms with van der Waals surface area (Å²) in [6.07, 6.45) is 2.32. The normalized spacial score (nSPS) is 14.2. The minimum absolute atomic E-state index is 0.0389. The number of H-pyrrole nitrogens is 1. The van der Waals surface area contributed by atoms with Gasteiger partial charge in [-0.3, -0.25) is 0 Å². The Kier molecular flexibility index (Phi) is 7.42. The van der Waals surface area contributed by atoms with E-state index in [0.717, 1.165) is 28.6 Å². The van der Waals surface area contributed by atoms with E-state index in [1.165, 1.54) is 0 Å². The van der Waals surface area contributed by atoms with Crippen LogP contribution in [0.2, 0.25) is 0 Å². The second-order valence-corrected chi connectivity index (χ2v) is 7.24. The molecule has 2 aromatic rings. The number of nitrogens with one attached hydrogen (secondary N) is 1. The fourth-order valence-corrected chi connectivity index (χ4v) is 3.59. The van der Waals surface area contributed by atoms with Crippen LogP contribution in [0.3, 0.4) is 0 Å². The maximum atomic E-state index is 10.4. The second kappa shape index (κ2) is 9.32. The molecule has 0 saturated heterocycles. The predicted octanol–water partition coefficient (Wildman–Crippen LogP) is 3.17. The first-order valence-corrected chi connectivity index (χ1v) is 9.44. The Labute approximate surface area is 148 Å². The summed E-state index contributed by atoms with van der Waals surface area (Å²) >= 11 is 1.75. The van der Waals surface area contributed by atoms with Crippen molar-refractivity contribution in [3.63, 3.8) is 0 Å². The molecular weight excluding hydrogens is 324 g/mol. The highest BCUT2D eigenvalue weighted by molar-refractivity contribution is 7.97. The van der Waals surface area contributed by atoms with E-state index in [9.17, 15) is 10.2 Å². The van der Waals surface area contributed by atoms with E-state index in [0.29, 0.717) is 18.3 Å². The smallest absolute Gasteiger partial charge is 0.129 e. The summed E-state index contributed by atoms with van der Waals surface area (Å²) in [6, 6.07) is 6.09. The lowest BCUT2D eigenvalue weighted by Gasteiger charge is -2.28. The Hall–Kier alpha value is -1.21. The highest BCUT2D eigenvalue weighted by Crippen LogP contribution is 2.27. The summed E-state index contributed by atoms with van der Waals surface area (Å²) in [6.45, 7) is 7.20. The summed E-state index contributed by atoms with van der Waals surface area (Å²) in [5, 5.41) is 20.7. The van der Waals surface area contributed by atoms with Crippen molar-refractivity contribution in [2.45, 2.75) is 45.9 Å². The average molecular weight is 353 g/mol. The van der Waals surface area contributed by atoms with Crippen LogP contribution in [0.5, 0.6) is 5.75 Å². The maximum Gasteiger partial charge on any atom is 0.129 e. The number of aromatic amines is 1. The molecule has 3 N–H and O–H groups in total. The van der Waals surface area contributed by atoms with Gasteiger partial charge >= 0.3 is 0 Å². The van der Waals surface area contributed by atoms with Gasteiger partial charge in [-0.15, -0.1) is 0 Å². The number of ether oxygens (including phenoxy) is 1. The number of aromatic nitrogens is 1. The Balaban J connectivity index is 2.00. The minimum atomic E-state index is -0.565. The molecule has 1 heterocycles. The van der Waals surface area contributed by atoms with Crippen LogP contribution in [-0.2, 0) is 6.61 Å². The zero-order valence-electron chi connectivity index (χ0n) is 14.7. The summed E-state index contributed by atoms with van der Waals surface area (Å²) in [7, 11) is 0. The van der Waals surface area contributed by atoms with Gasteiger partial charge in [0.1, 0.15) is 18.5 Å². The molecule has 0 aliphatic heterocycles. The summed E-state index contributed by atoms with van der Waals surface area (Å²) in [5.41, 5.74) is 1.71. The maximum absolute atomic E-state index is 10.4. The number of aliphatic hydroxyl groups is 2. The van der Waals surface area contributed by atoms with Gasteiger partial charge < -0.3 is 19.9 Å². The zero-order chi connectivity index (χ0) is 17.5. The molecule has 2 rings (SSSR count). The first-order valence-electron chi connectivity index (χ1n) is 8.50. The number of aliphatic hydroxyl groups excluding tert-OH is 2. The van der Waals surface area contributed by atoms with Crippen molar-refractivity contribution in [1.29, 1.82) is 0 Å². The average Bonchev–Trinajstić information content (AvgIpc) is 3.06. The predicted molar refractivity (Wildman–Crippen MR) is 100 cm³/mol. The highest BCUT2D eigenvalue weighted by atomic mass is 32.2. The fourth-order valence-electron chi connectivity index (χ4n) is 2.58. The van der Waals surface area contributed by atoms with Crippen LogP contribution in [0.1, 0.15) is 32.8 Å². The molecular formula is C18H28N2O3S. The molecule has 1 aromatic heterocycles. The lowest BCUT2D eigenvalue weighted by molar-refractivity contribution is 0.0857. The summed E-state index contributed by atoms with van der Waals surface area (Å²) in [4.78, 5) is 3.13. The number of nitrogens with zero attached hydrogens (tertiary/aromatic N) is 1. The third-order valence-corrected chi connectivity index (χ3v) is 5.17. The second-order valence-electron chi connectivity index (χ2n) is 5.93. The van der Waals surface area contributed by atoms with Crippen molar-refractivity contribution < 1.29 is 14.9 Å². The first-order chi connectivity index (χ1) is 11.6. The molecule has 0 aliphatic carbocycles. The molecule has 2 atom stereocenters. The van der Waals surface area contributed by atoms with E-state index in [2.05, 4.69) is 30.1 Å². The van der Waals surface area contributed by atoms with Gasteiger partial charge in [-0.2, -0.15) is 0 Å². The zero-order valence-corrected chi connectivity index (χ0v) is 15.5. The Bertz CT molecular complexity index is 632. The molecule has 0 spiro atoms. The topological polar surface area (TPSA) is 68.7 Å². The van der Waals surface area contributed by atoms with Gasteiger partial charge in [-0.25, -0.2) is 4.31 Å². The number of rotatable bonds is 10. The lowest BCUT2D eigenvalue weighted by Crippen LogP contribution is -2.36. The molecule has 24 heavy (non-hydrogen) atoms. The van der Waals surface area contributed by atoms with Gasteiger partial charge in [0.2, 0.25) is 0 Å². The monoisotopic (exact) mass is 352 g/mol. The van der Waals surface area contributed by atoms with Crippen molar-refractivity contribution in [1.82, 2.24) is 9.29 Å². The minimum Gasteiger partial charge on any atom is -0.490 e. The van der Waals surface area contributed by atoms with E-state index < -0.39 is 6.10 Å². The Morgan fingerprint density at radius 1 is 1.33 bits per heavy atom. The van der Waals surface area contributed by atoms with Crippen LogP contribution in [0.15, 0.2) is 24.4 Å². The Morgan fingerprint density at radius 3 is 2.79 bits per heavy atom. The van der Waals surface area contributed by atoms with Crippen molar-refractivity contribution in [3.05, 3.63) is 30.0 Å². The quantitative estimate of drug-likeness (QED) is 0.573. The van der Waals surface area contributed by atoms with Crippen molar-refractivity contribution in [2.75, 3.05) is 18.9 Å². The van der Waals surface area contributed by atoms with Gasteiger partial charge in [0.05, 0.1) is 6.61 Å². The van der Waals surface area contributed by atoms with Gasteiger partial charge in [0.15, 0.2) is 0 Å². The molecule has 0 radical (unpaired) electrons. The van der Waals surface area contributed by atoms with Gasteiger partial charge in [-0.05, 0) is 37.1 Å². The number of fused-ring (bicyclic) bond motifs is 1. The summed E-state index contributed by atoms with van der Waals surface area (Å²) in [5.74, 6) is 1.68. The van der Waals surface area contributed by atoms with Crippen LogP contribution < -0.4 is 4.74 Å². The first kappa shape index (κ1) is 19.1. The van der Waals surface area contributed by atoms with Gasteiger partial charge in [0.25, 0.3) is 0 Å². The number of hydrogen-bond acceptors (Lipinski definition) is 5. The van der Waals surface area contributed by atoms with Crippen molar-refractivity contribution in [3.8, 4) is 5.75 Å². The van der Waals surface area contributed by atoms with Crippen LogP contribution in [0.4, 0.5) is 0 Å².